The molecule has 1 aliphatic heterocycles. The standard InChI is InChI=1S/C10H13NO/c1-4-9-7-5-6-8(2)11-10(9)12-3/h5-6H,4H2,1-3H3. The minimum atomic E-state index is 0.681. The van der Waals surface area contributed by atoms with Crippen LogP contribution < -0.4 is 0 Å². The maximum Gasteiger partial charge on any atom is 0.224 e. The van der Waals surface area contributed by atoms with Crippen LogP contribution in [-0.4, -0.2) is 13.0 Å². The maximum absolute atomic E-state index is 5.13. The van der Waals surface area contributed by atoms with Gasteiger partial charge in [-0.25, -0.2) is 4.99 Å². The highest BCUT2D eigenvalue weighted by atomic mass is 16.5. The zero-order chi connectivity index (χ0) is 8.97. The molecule has 0 amide bonds. The largest absolute Gasteiger partial charge is 0.480 e. The fourth-order valence-electron chi connectivity index (χ4n) is 1.01. The Morgan fingerprint density at radius 3 is 2.92 bits per heavy atom. The number of nitrogens with zero attached hydrogens (tertiary/aromatic N) is 1. The molecule has 0 radical (unpaired) electrons. The van der Waals surface area contributed by atoms with Crippen molar-refractivity contribution in [2.45, 2.75) is 20.3 Å². The Bertz CT molecular complexity index is 291. The molecule has 2 nitrogen and oxygen atoms in total. The van der Waals surface area contributed by atoms with E-state index in [4.69, 9.17) is 4.74 Å². The predicted octanol–water partition coefficient (Wildman–Crippen LogP) is 2.44. The lowest BCUT2D eigenvalue weighted by Gasteiger charge is -2.03. The molecule has 1 heterocycles. The Morgan fingerprint density at radius 1 is 1.58 bits per heavy atom. The van der Waals surface area contributed by atoms with Gasteiger partial charge in [-0.15, -0.1) is 5.73 Å². The minimum Gasteiger partial charge on any atom is -0.480 e. The van der Waals surface area contributed by atoms with Crippen molar-refractivity contribution in [3.8, 4) is 0 Å². The molecule has 0 atom stereocenters. The van der Waals surface area contributed by atoms with E-state index in [1.807, 2.05) is 19.1 Å². The smallest absolute Gasteiger partial charge is 0.224 e. The lowest BCUT2D eigenvalue weighted by atomic mass is 10.2. The Kier molecular flexibility index (Phi) is 2.89. The quantitative estimate of drug-likeness (QED) is 0.544. The van der Waals surface area contributed by atoms with Crippen molar-refractivity contribution in [1.82, 2.24) is 0 Å². The summed E-state index contributed by atoms with van der Waals surface area (Å²) in [5.41, 5.74) is 5.09. The van der Waals surface area contributed by atoms with E-state index in [-0.39, 0.29) is 0 Å². The van der Waals surface area contributed by atoms with E-state index in [1.165, 1.54) is 0 Å². The summed E-state index contributed by atoms with van der Waals surface area (Å²) in [6.07, 6.45) is 4.69. The van der Waals surface area contributed by atoms with Crippen molar-refractivity contribution in [1.29, 1.82) is 0 Å². The zero-order valence-electron chi connectivity index (χ0n) is 7.72. The van der Waals surface area contributed by atoms with Gasteiger partial charge in [0.05, 0.1) is 12.7 Å². The van der Waals surface area contributed by atoms with Crippen molar-refractivity contribution < 1.29 is 4.74 Å². The summed E-state index contributed by atoms with van der Waals surface area (Å²) in [6.45, 7) is 4.00. The van der Waals surface area contributed by atoms with Crippen LogP contribution in [0.15, 0.2) is 34.1 Å². The van der Waals surface area contributed by atoms with Gasteiger partial charge in [0.1, 0.15) is 0 Å². The van der Waals surface area contributed by atoms with Crippen LogP contribution in [0, 0.1) is 0 Å². The number of aliphatic imine (C=N–C) groups is 1. The van der Waals surface area contributed by atoms with Gasteiger partial charge in [0.25, 0.3) is 0 Å². The molecule has 64 valence electrons. The fourth-order valence-corrected chi connectivity index (χ4v) is 1.01. The SMILES string of the molecule is CCC1=C=CC=C(C)N=C1OC. The molecule has 2 heteroatoms. The third-order valence-corrected chi connectivity index (χ3v) is 1.67. The molecule has 12 heavy (non-hydrogen) atoms. The summed E-state index contributed by atoms with van der Waals surface area (Å²) in [4.78, 5) is 4.27. The van der Waals surface area contributed by atoms with Crippen molar-refractivity contribution in [3.05, 3.63) is 29.2 Å². The second-order valence-electron chi connectivity index (χ2n) is 2.57. The molecular formula is C10H13NO. The number of hydrogen-bond acceptors (Lipinski definition) is 2. The second kappa shape index (κ2) is 3.93. The van der Waals surface area contributed by atoms with Gasteiger partial charge in [-0.1, -0.05) is 6.92 Å². The van der Waals surface area contributed by atoms with Crippen LogP contribution in [0.4, 0.5) is 0 Å². The molecular weight excluding hydrogens is 150 g/mol. The molecule has 0 N–H and O–H groups in total. The van der Waals surface area contributed by atoms with Crippen LogP contribution in [-0.2, 0) is 4.74 Å². The van der Waals surface area contributed by atoms with E-state index in [0.29, 0.717) is 5.90 Å². The van der Waals surface area contributed by atoms with Crippen LogP contribution >= 0.6 is 0 Å². The highest BCUT2D eigenvalue weighted by molar-refractivity contribution is 5.94. The molecule has 0 aliphatic carbocycles. The highest BCUT2D eigenvalue weighted by Crippen LogP contribution is 2.09. The van der Waals surface area contributed by atoms with Crippen LogP contribution in [0.5, 0.6) is 0 Å². The average molecular weight is 163 g/mol. The van der Waals surface area contributed by atoms with Gasteiger partial charge in [0, 0.05) is 5.70 Å². The van der Waals surface area contributed by atoms with Crippen molar-refractivity contribution in [2.75, 3.05) is 7.11 Å². The third kappa shape index (κ3) is 1.86. The first-order chi connectivity index (χ1) is 5.77. The Hall–Kier alpha value is -1.27. The van der Waals surface area contributed by atoms with Crippen LogP contribution in [0.1, 0.15) is 20.3 Å². The Labute approximate surface area is 73.0 Å². The molecule has 0 saturated carbocycles. The second-order valence-corrected chi connectivity index (χ2v) is 2.57. The molecule has 0 aromatic carbocycles. The number of hydrogen-bond donors (Lipinski definition) is 0. The number of allylic oxidation sites excluding steroid dienone is 2. The fraction of sp³-hybridized carbons (Fsp3) is 0.400. The van der Waals surface area contributed by atoms with Crippen LogP contribution in [0.2, 0.25) is 0 Å². The summed E-state index contributed by atoms with van der Waals surface area (Å²) in [5, 5.41) is 0. The molecule has 0 saturated heterocycles. The third-order valence-electron chi connectivity index (χ3n) is 1.67. The van der Waals surface area contributed by atoms with E-state index < -0.39 is 0 Å². The lowest BCUT2D eigenvalue weighted by molar-refractivity contribution is 0.402. The molecule has 0 fully saturated rings. The first-order valence-corrected chi connectivity index (χ1v) is 4.03. The molecule has 0 aromatic heterocycles. The number of ether oxygens (including phenoxy) is 1. The molecule has 0 unspecified atom stereocenters. The van der Waals surface area contributed by atoms with Crippen LogP contribution in [0.3, 0.4) is 0 Å². The van der Waals surface area contributed by atoms with Gasteiger partial charge >= 0.3 is 0 Å². The lowest BCUT2D eigenvalue weighted by Crippen LogP contribution is -2.03. The van der Waals surface area contributed by atoms with Gasteiger partial charge in [-0.05, 0) is 25.5 Å². The Balaban J connectivity index is 3.05. The maximum atomic E-state index is 5.13. The first kappa shape index (κ1) is 8.82. The van der Waals surface area contributed by atoms with E-state index in [2.05, 4.69) is 17.6 Å². The minimum absolute atomic E-state index is 0.681. The summed E-state index contributed by atoms with van der Waals surface area (Å²) >= 11 is 0. The summed E-state index contributed by atoms with van der Waals surface area (Å²) < 4.78 is 5.13. The van der Waals surface area contributed by atoms with Gasteiger partial charge in [0.15, 0.2) is 0 Å². The molecule has 0 bridgehead atoms. The molecule has 1 rings (SSSR count). The van der Waals surface area contributed by atoms with E-state index in [9.17, 15) is 0 Å². The monoisotopic (exact) mass is 163 g/mol. The number of rotatable bonds is 1. The molecule has 0 aromatic rings. The van der Waals surface area contributed by atoms with Gasteiger partial charge < -0.3 is 4.74 Å². The number of methoxy groups -OCH3 is 1. The summed E-state index contributed by atoms with van der Waals surface area (Å²) in [5.74, 6) is 0.681. The molecule has 1 aliphatic rings. The zero-order valence-corrected chi connectivity index (χ0v) is 7.72. The van der Waals surface area contributed by atoms with Crippen molar-refractivity contribution >= 4 is 5.90 Å². The summed E-state index contributed by atoms with van der Waals surface area (Å²) in [6, 6.07) is 0. The van der Waals surface area contributed by atoms with Gasteiger partial charge in [0.2, 0.25) is 5.90 Å². The van der Waals surface area contributed by atoms with Crippen molar-refractivity contribution in [3.63, 3.8) is 0 Å². The van der Waals surface area contributed by atoms with E-state index in [0.717, 1.165) is 17.7 Å². The predicted molar refractivity (Wildman–Crippen MR) is 50.1 cm³/mol. The normalized spacial score (nSPS) is 16.1. The highest BCUT2D eigenvalue weighted by Gasteiger charge is 2.05. The first-order valence-electron chi connectivity index (χ1n) is 4.03. The van der Waals surface area contributed by atoms with Gasteiger partial charge in [-0.3, -0.25) is 0 Å². The topological polar surface area (TPSA) is 21.6 Å². The Morgan fingerprint density at radius 2 is 2.33 bits per heavy atom. The molecule has 0 spiro atoms. The van der Waals surface area contributed by atoms with E-state index >= 15 is 0 Å². The average Bonchev–Trinajstić information content (AvgIpc) is 2.26. The van der Waals surface area contributed by atoms with Crippen LogP contribution in [0.25, 0.3) is 0 Å². The van der Waals surface area contributed by atoms with Gasteiger partial charge in [-0.2, -0.15) is 0 Å². The van der Waals surface area contributed by atoms with E-state index in [1.54, 1.807) is 7.11 Å². The van der Waals surface area contributed by atoms with Crippen molar-refractivity contribution in [2.24, 2.45) is 4.99 Å². The summed E-state index contributed by atoms with van der Waals surface area (Å²) in [7, 11) is 1.63.